The van der Waals surface area contributed by atoms with E-state index in [2.05, 4.69) is 10.6 Å². The molecule has 10 heteroatoms. The van der Waals surface area contributed by atoms with Gasteiger partial charge in [0.25, 0.3) is 18.0 Å². The van der Waals surface area contributed by atoms with Crippen molar-refractivity contribution in [3.63, 3.8) is 0 Å². The molecule has 138 valence electrons. The molecular formula is C16H13ClF3N3O3. The third-order valence-electron chi connectivity index (χ3n) is 3.40. The van der Waals surface area contributed by atoms with Gasteiger partial charge in [-0.1, -0.05) is 11.6 Å². The molecule has 26 heavy (non-hydrogen) atoms. The van der Waals surface area contributed by atoms with E-state index in [-0.39, 0.29) is 33.2 Å². The summed E-state index contributed by atoms with van der Waals surface area (Å²) in [4.78, 5) is 22.9. The van der Waals surface area contributed by atoms with Gasteiger partial charge >= 0.3 is 0 Å². The largest absolute Gasteiger partial charge is 0.379 e. The summed E-state index contributed by atoms with van der Waals surface area (Å²) in [5.74, 6) is -1.48. The summed E-state index contributed by atoms with van der Waals surface area (Å²) in [6.07, 6.45) is -2.68. The number of rotatable bonds is 6. The zero-order valence-corrected chi connectivity index (χ0v) is 14.1. The average molecular weight is 388 g/mol. The van der Waals surface area contributed by atoms with Gasteiger partial charge in [0.2, 0.25) is 0 Å². The lowest BCUT2D eigenvalue weighted by Gasteiger charge is -2.13. The van der Waals surface area contributed by atoms with Gasteiger partial charge in [-0.3, -0.25) is 14.9 Å². The molecule has 0 saturated heterocycles. The molecule has 2 aromatic rings. The second-order valence-electron chi connectivity index (χ2n) is 5.30. The Morgan fingerprint density at radius 2 is 2.00 bits per heavy atom. The number of nitrogens with zero attached hydrogens (tertiary/aromatic N) is 1. The molecule has 0 fully saturated rings. The normalized spacial score (nSPS) is 10.7. The molecule has 0 aliphatic rings. The van der Waals surface area contributed by atoms with Crippen LogP contribution in [0.2, 0.25) is 5.02 Å². The van der Waals surface area contributed by atoms with E-state index < -0.39 is 29.6 Å². The van der Waals surface area contributed by atoms with Crippen molar-refractivity contribution in [1.29, 1.82) is 0 Å². The van der Waals surface area contributed by atoms with Gasteiger partial charge in [0, 0.05) is 23.0 Å². The number of nitrogens with one attached hydrogen (secondary N) is 2. The lowest BCUT2D eigenvalue weighted by molar-refractivity contribution is -0.385. The maximum atomic E-state index is 13.2. The number of anilines is 2. The van der Waals surface area contributed by atoms with E-state index in [0.29, 0.717) is 0 Å². The first-order chi connectivity index (χ1) is 12.2. The molecule has 0 saturated carbocycles. The highest BCUT2D eigenvalue weighted by Gasteiger charge is 2.21. The molecule has 0 aliphatic carbocycles. The van der Waals surface area contributed by atoms with Crippen molar-refractivity contribution in [2.75, 3.05) is 17.2 Å². The fourth-order valence-corrected chi connectivity index (χ4v) is 2.37. The van der Waals surface area contributed by atoms with Gasteiger partial charge in [-0.2, -0.15) is 0 Å². The van der Waals surface area contributed by atoms with E-state index in [0.717, 1.165) is 18.2 Å². The standard InChI is InChI=1S/C16H13ClF3N3O3/c1-8-4-13(21-7-15(19)20)10(6-14(8)23(25)26)16(24)22-9-2-3-12(18)11(17)5-9/h2-6,15,21H,7H2,1H3,(H,22,24). The summed E-state index contributed by atoms with van der Waals surface area (Å²) in [6.45, 7) is 0.688. The van der Waals surface area contributed by atoms with Gasteiger partial charge in [-0.15, -0.1) is 0 Å². The molecule has 0 radical (unpaired) electrons. The van der Waals surface area contributed by atoms with Gasteiger partial charge in [0.15, 0.2) is 0 Å². The summed E-state index contributed by atoms with van der Waals surface area (Å²) in [7, 11) is 0. The summed E-state index contributed by atoms with van der Waals surface area (Å²) >= 11 is 5.64. The number of aryl methyl sites for hydroxylation is 1. The SMILES string of the molecule is Cc1cc(NCC(F)F)c(C(=O)Nc2ccc(F)c(Cl)c2)cc1[N+](=O)[O-]. The van der Waals surface area contributed by atoms with Gasteiger partial charge in [-0.25, -0.2) is 13.2 Å². The van der Waals surface area contributed by atoms with Gasteiger partial charge in [-0.05, 0) is 31.2 Å². The van der Waals surface area contributed by atoms with Crippen molar-refractivity contribution in [3.8, 4) is 0 Å². The number of nitro groups is 1. The van der Waals surface area contributed by atoms with Crippen LogP contribution in [0.15, 0.2) is 30.3 Å². The van der Waals surface area contributed by atoms with Crippen molar-refractivity contribution in [3.05, 3.63) is 62.4 Å². The first-order valence-electron chi connectivity index (χ1n) is 7.26. The zero-order valence-electron chi connectivity index (χ0n) is 13.4. The number of hydrogen-bond donors (Lipinski definition) is 2. The minimum atomic E-state index is -2.68. The summed E-state index contributed by atoms with van der Waals surface area (Å²) in [5.41, 5.74) is -0.185. The topological polar surface area (TPSA) is 84.3 Å². The Labute approximate surface area is 151 Å². The lowest BCUT2D eigenvalue weighted by atomic mass is 10.1. The van der Waals surface area contributed by atoms with E-state index in [1.165, 1.54) is 19.1 Å². The van der Waals surface area contributed by atoms with Crippen molar-refractivity contribution in [1.82, 2.24) is 0 Å². The second-order valence-corrected chi connectivity index (χ2v) is 5.70. The highest BCUT2D eigenvalue weighted by atomic mass is 35.5. The van der Waals surface area contributed by atoms with Gasteiger partial charge < -0.3 is 10.6 Å². The van der Waals surface area contributed by atoms with Crippen molar-refractivity contribution in [2.24, 2.45) is 0 Å². The fraction of sp³-hybridized carbons (Fsp3) is 0.188. The maximum Gasteiger partial charge on any atom is 0.273 e. The number of nitro benzene ring substituents is 1. The Morgan fingerprint density at radius 1 is 1.31 bits per heavy atom. The predicted molar refractivity (Wildman–Crippen MR) is 91.7 cm³/mol. The van der Waals surface area contributed by atoms with E-state index in [9.17, 15) is 28.1 Å². The zero-order chi connectivity index (χ0) is 19.4. The molecule has 2 aromatic carbocycles. The quantitative estimate of drug-likeness (QED) is 0.559. The van der Waals surface area contributed by atoms with Gasteiger partial charge in [0.1, 0.15) is 5.82 Å². The number of benzene rings is 2. The van der Waals surface area contributed by atoms with Crippen molar-refractivity contribution >= 4 is 34.6 Å². The minimum absolute atomic E-state index is 0.0131. The van der Waals surface area contributed by atoms with Crippen LogP contribution in [-0.2, 0) is 0 Å². The Morgan fingerprint density at radius 3 is 2.58 bits per heavy atom. The molecule has 1 amide bonds. The molecular weight excluding hydrogens is 375 g/mol. The fourth-order valence-electron chi connectivity index (χ4n) is 2.19. The molecule has 0 aromatic heterocycles. The number of halogens is 4. The molecule has 0 atom stereocenters. The van der Waals surface area contributed by atoms with E-state index in [4.69, 9.17) is 11.6 Å². The van der Waals surface area contributed by atoms with E-state index in [1.54, 1.807) is 0 Å². The highest BCUT2D eigenvalue weighted by molar-refractivity contribution is 6.31. The van der Waals surface area contributed by atoms with Crippen molar-refractivity contribution in [2.45, 2.75) is 13.3 Å². The van der Waals surface area contributed by atoms with Crippen LogP contribution in [0.5, 0.6) is 0 Å². The van der Waals surface area contributed by atoms with Crippen LogP contribution in [0, 0.1) is 22.9 Å². The molecule has 0 bridgehead atoms. The first-order valence-corrected chi connectivity index (χ1v) is 7.64. The van der Waals surface area contributed by atoms with E-state index in [1.807, 2.05) is 0 Å². The Kier molecular flexibility index (Phi) is 6.04. The maximum absolute atomic E-state index is 13.2. The summed E-state index contributed by atoms with van der Waals surface area (Å²) in [6, 6.07) is 5.67. The third-order valence-corrected chi connectivity index (χ3v) is 3.69. The number of amides is 1. The number of carbonyl (C=O) groups is 1. The van der Waals surface area contributed by atoms with Crippen molar-refractivity contribution < 1.29 is 22.9 Å². The van der Waals surface area contributed by atoms with Crippen LogP contribution >= 0.6 is 11.6 Å². The highest BCUT2D eigenvalue weighted by Crippen LogP contribution is 2.28. The average Bonchev–Trinajstić information content (AvgIpc) is 2.55. The second kappa shape index (κ2) is 8.05. The summed E-state index contributed by atoms with van der Waals surface area (Å²) in [5, 5.41) is 15.6. The van der Waals surface area contributed by atoms with Crippen LogP contribution in [0.25, 0.3) is 0 Å². The number of carbonyl (C=O) groups excluding carboxylic acids is 1. The Bertz CT molecular complexity index is 862. The number of hydrogen-bond acceptors (Lipinski definition) is 4. The van der Waals surface area contributed by atoms with Gasteiger partial charge in [0.05, 0.1) is 22.1 Å². The lowest BCUT2D eigenvalue weighted by Crippen LogP contribution is -2.18. The third kappa shape index (κ3) is 4.63. The van der Waals surface area contributed by atoms with E-state index >= 15 is 0 Å². The predicted octanol–water partition coefficient (Wildman–Crippen LogP) is 4.63. The Hall–Kier alpha value is -2.81. The van der Waals surface area contributed by atoms with Crippen LogP contribution < -0.4 is 10.6 Å². The van der Waals surface area contributed by atoms with Crippen LogP contribution in [0.4, 0.5) is 30.2 Å². The molecule has 0 heterocycles. The van der Waals surface area contributed by atoms with Crippen LogP contribution in [-0.4, -0.2) is 23.8 Å². The smallest absolute Gasteiger partial charge is 0.273 e. The molecule has 2 N–H and O–H groups in total. The molecule has 6 nitrogen and oxygen atoms in total. The number of alkyl halides is 2. The minimum Gasteiger partial charge on any atom is -0.379 e. The monoisotopic (exact) mass is 387 g/mol. The van der Waals surface area contributed by atoms with Crippen LogP contribution in [0.1, 0.15) is 15.9 Å². The molecule has 0 spiro atoms. The van der Waals surface area contributed by atoms with Crippen LogP contribution in [0.3, 0.4) is 0 Å². The Balaban J connectivity index is 2.39. The molecule has 0 unspecified atom stereocenters. The molecule has 0 aliphatic heterocycles. The first kappa shape index (κ1) is 19.5. The molecule has 2 rings (SSSR count). The summed E-state index contributed by atoms with van der Waals surface area (Å²) < 4.78 is 38.1.